The number of rotatable bonds is 4. The van der Waals surface area contributed by atoms with Crippen LogP contribution >= 0.6 is 15.9 Å². The second kappa shape index (κ2) is 5.65. The molecular weight excluding hydrogens is 304 g/mol. The van der Waals surface area contributed by atoms with Gasteiger partial charge in [0.25, 0.3) is 0 Å². The summed E-state index contributed by atoms with van der Waals surface area (Å²) in [6.45, 7) is 4.18. The summed E-state index contributed by atoms with van der Waals surface area (Å²) in [6, 6.07) is 6.18. The van der Waals surface area contributed by atoms with Gasteiger partial charge in [0.1, 0.15) is 0 Å². The molecule has 1 heterocycles. The maximum absolute atomic E-state index is 6.16. The summed E-state index contributed by atoms with van der Waals surface area (Å²) < 4.78 is 2.85. The molecule has 0 radical (unpaired) electrons. The summed E-state index contributed by atoms with van der Waals surface area (Å²) in [5.74, 6) is 0.848. The highest BCUT2D eigenvalue weighted by Gasteiger charge is 2.12. The van der Waals surface area contributed by atoms with Crippen LogP contribution in [0.2, 0.25) is 0 Å². The van der Waals surface area contributed by atoms with Gasteiger partial charge in [-0.3, -0.25) is 4.68 Å². The molecule has 0 fully saturated rings. The largest absolute Gasteiger partial charge is 0.394 e. The van der Waals surface area contributed by atoms with Crippen LogP contribution in [0.3, 0.4) is 0 Å². The van der Waals surface area contributed by atoms with E-state index in [2.05, 4.69) is 52.3 Å². The summed E-state index contributed by atoms with van der Waals surface area (Å²) in [7, 11) is 1.91. The quantitative estimate of drug-likeness (QED) is 0.900. The molecule has 0 spiro atoms. The Morgan fingerprint density at radius 2 is 2.11 bits per heavy atom. The number of anilines is 3. The molecule has 0 aliphatic carbocycles. The molecule has 0 saturated heterocycles. The number of aromatic nitrogens is 2. The minimum absolute atomic E-state index is 0.738. The lowest BCUT2D eigenvalue weighted by molar-refractivity contribution is 0.740. The molecule has 0 bridgehead atoms. The highest BCUT2D eigenvalue weighted by atomic mass is 79.9. The molecule has 0 atom stereocenters. The van der Waals surface area contributed by atoms with Gasteiger partial charge in [0, 0.05) is 17.2 Å². The van der Waals surface area contributed by atoms with E-state index in [1.165, 1.54) is 5.56 Å². The average molecular weight is 323 g/mol. The van der Waals surface area contributed by atoms with Crippen molar-refractivity contribution in [2.45, 2.75) is 26.7 Å². The second-order valence-electron chi connectivity index (χ2n) is 4.72. The average Bonchev–Trinajstić information content (AvgIpc) is 2.56. The normalized spacial score (nSPS) is 10.7. The minimum atomic E-state index is 0.738. The van der Waals surface area contributed by atoms with Crippen LogP contribution < -0.4 is 11.1 Å². The fraction of sp³-hybridized carbons (Fsp3) is 0.357. The predicted molar refractivity (Wildman–Crippen MR) is 83.8 cm³/mol. The van der Waals surface area contributed by atoms with Crippen LogP contribution in [0.5, 0.6) is 0 Å². The third kappa shape index (κ3) is 3.10. The molecule has 1 aromatic heterocycles. The highest BCUT2D eigenvalue weighted by molar-refractivity contribution is 9.10. The van der Waals surface area contributed by atoms with Crippen molar-refractivity contribution in [2.75, 3.05) is 11.1 Å². The van der Waals surface area contributed by atoms with Crippen molar-refractivity contribution in [1.29, 1.82) is 0 Å². The first-order chi connectivity index (χ1) is 9.01. The molecule has 0 saturated carbocycles. The van der Waals surface area contributed by atoms with Crippen molar-refractivity contribution in [3.63, 3.8) is 0 Å². The lowest BCUT2D eigenvalue weighted by Crippen LogP contribution is -2.01. The number of nitrogens with zero attached hydrogens (tertiary/aromatic N) is 2. The van der Waals surface area contributed by atoms with E-state index in [0.29, 0.717) is 0 Å². The van der Waals surface area contributed by atoms with Crippen LogP contribution in [0, 0.1) is 6.92 Å². The fourth-order valence-electron chi connectivity index (χ4n) is 2.11. The number of benzene rings is 1. The topological polar surface area (TPSA) is 55.9 Å². The van der Waals surface area contributed by atoms with Crippen LogP contribution in [0.15, 0.2) is 22.7 Å². The maximum atomic E-state index is 6.16. The third-order valence-electron chi connectivity index (χ3n) is 2.95. The first kappa shape index (κ1) is 13.9. The van der Waals surface area contributed by atoms with Crippen molar-refractivity contribution < 1.29 is 0 Å². The summed E-state index contributed by atoms with van der Waals surface area (Å²) in [4.78, 5) is 0. The molecule has 5 heteroatoms. The van der Waals surface area contributed by atoms with Gasteiger partial charge in [0.15, 0.2) is 5.82 Å². The second-order valence-corrected chi connectivity index (χ2v) is 5.64. The SMILES string of the molecule is CCCc1nn(C)c(Nc2cc(C)cc(Br)c2)c1N. The summed E-state index contributed by atoms with van der Waals surface area (Å²) in [5, 5.41) is 7.80. The zero-order chi connectivity index (χ0) is 14.0. The van der Waals surface area contributed by atoms with Gasteiger partial charge >= 0.3 is 0 Å². The predicted octanol–water partition coefficient (Wildman–Crippen LogP) is 3.77. The molecule has 19 heavy (non-hydrogen) atoms. The number of nitrogen functional groups attached to an aromatic ring is 1. The van der Waals surface area contributed by atoms with Gasteiger partial charge in [-0.1, -0.05) is 29.3 Å². The van der Waals surface area contributed by atoms with Gasteiger partial charge in [-0.05, 0) is 37.1 Å². The molecule has 1 aromatic carbocycles. The van der Waals surface area contributed by atoms with E-state index in [1.807, 2.05) is 13.1 Å². The van der Waals surface area contributed by atoms with Gasteiger partial charge in [0.05, 0.1) is 11.4 Å². The molecular formula is C14H19BrN4. The van der Waals surface area contributed by atoms with Crippen LogP contribution in [-0.4, -0.2) is 9.78 Å². The van der Waals surface area contributed by atoms with E-state index in [-0.39, 0.29) is 0 Å². The molecule has 0 aliphatic heterocycles. The minimum Gasteiger partial charge on any atom is -0.394 e. The van der Waals surface area contributed by atoms with Gasteiger partial charge in [-0.25, -0.2) is 0 Å². The van der Waals surface area contributed by atoms with Crippen LogP contribution in [-0.2, 0) is 13.5 Å². The van der Waals surface area contributed by atoms with E-state index in [4.69, 9.17) is 5.73 Å². The Morgan fingerprint density at radius 3 is 2.74 bits per heavy atom. The van der Waals surface area contributed by atoms with Crippen molar-refractivity contribution in [3.8, 4) is 0 Å². The number of nitrogens with one attached hydrogen (secondary N) is 1. The summed E-state index contributed by atoms with van der Waals surface area (Å²) >= 11 is 3.50. The first-order valence-electron chi connectivity index (χ1n) is 6.36. The molecule has 0 amide bonds. The standard InChI is InChI=1S/C14H19BrN4/c1-4-5-12-13(16)14(19(3)18-12)17-11-7-9(2)6-10(15)8-11/h6-8,17H,4-5,16H2,1-3H3. The molecule has 0 unspecified atom stereocenters. The molecule has 2 rings (SSSR count). The van der Waals surface area contributed by atoms with Gasteiger partial charge in [0.2, 0.25) is 0 Å². The van der Waals surface area contributed by atoms with Gasteiger partial charge in [-0.2, -0.15) is 5.10 Å². The van der Waals surface area contributed by atoms with Crippen LogP contribution in [0.25, 0.3) is 0 Å². The van der Waals surface area contributed by atoms with Crippen LogP contribution in [0.1, 0.15) is 24.6 Å². The summed E-state index contributed by atoms with van der Waals surface area (Å²) in [5.41, 5.74) is 10.0. The van der Waals surface area contributed by atoms with Crippen molar-refractivity contribution in [3.05, 3.63) is 33.9 Å². The lowest BCUT2D eigenvalue weighted by Gasteiger charge is -2.09. The number of nitrogens with two attached hydrogens (primary N) is 1. The number of aryl methyl sites for hydroxylation is 3. The summed E-state index contributed by atoms with van der Waals surface area (Å²) in [6.07, 6.45) is 1.94. The highest BCUT2D eigenvalue weighted by Crippen LogP contribution is 2.28. The Hall–Kier alpha value is -1.49. The Labute approximate surface area is 122 Å². The molecule has 3 N–H and O–H groups in total. The van der Waals surface area contributed by atoms with E-state index < -0.39 is 0 Å². The Kier molecular flexibility index (Phi) is 4.14. The van der Waals surface area contributed by atoms with Crippen molar-refractivity contribution in [2.24, 2.45) is 7.05 Å². The maximum Gasteiger partial charge on any atom is 0.152 e. The van der Waals surface area contributed by atoms with E-state index in [0.717, 1.165) is 40.2 Å². The smallest absolute Gasteiger partial charge is 0.152 e. The van der Waals surface area contributed by atoms with Crippen molar-refractivity contribution in [1.82, 2.24) is 9.78 Å². The van der Waals surface area contributed by atoms with Gasteiger partial charge in [-0.15, -0.1) is 0 Å². The Bertz CT molecular complexity index is 569. The Morgan fingerprint density at radius 1 is 1.37 bits per heavy atom. The van der Waals surface area contributed by atoms with E-state index in [9.17, 15) is 0 Å². The number of hydrogen-bond acceptors (Lipinski definition) is 3. The van der Waals surface area contributed by atoms with E-state index >= 15 is 0 Å². The number of hydrogen-bond donors (Lipinski definition) is 2. The lowest BCUT2D eigenvalue weighted by atomic mass is 10.2. The number of halogens is 1. The molecule has 4 nitrogen and oxygen atoms in total. The molecule has 2 aromatic rings. The zero-order valence-electron chi connectivity index (χ0n) is 11.5. The molecule has 102 valence electrons. The zero-order valence-corrected chi connectivity index (χ0v) is 13.1. The molecule has 0 aliphatic rings. The van der Waals surface area contributed by atoms with Crippen molar-refractivity contribution >= 4 is 33.1 Å². The third-order valence-corrected chi connectivity index (χ3v) is 3.41. The monoisotopic (exact) mass is 322 g/mol. The van der Waals surface area contributed by atoms with Gasteiger partial charge < -0.3 is 11.1 Å². The first-order valence-corrected chi connectivity index (χ1v) is 7.16. The fourth-order valence-corrected chi connectivity index (χ4v) is 2.72. The van der Waals surface area contributed by atoms with Crippen LogP contribution in [0.4, 0.5) is 17.2 Å². The Balaban J connectivity index is 2.32. The van der Waals surface area contributed by atoms with E-state index in [1.54, 1.807) is 4.68 Å².